The molecule has 3 N–H and O–H groups in total. The van der Waals surface area contributed by atoms with Crippen molar-refractivity contribution in [3.05, 3.63) is 134 Å². The van der Waals surface area contributed by atoms with Crippen molar-refractivity contribution in [3.8, 4) is 0 Å². The normalized spacial score (nSPS) is 14.2. The van der Waals surface area contributed by atoms with E-state index in [9.17, 15) is 15.0 Å². The maximum absolute atomic E-state index is 12.3. The minimum absolute atomic E-state index is 0.0896. The van der Waals surface area contributed by atoms with Gasteiger partial charge in [-0.05, 0) is 96.3 Å². The Morgan fingerprint density at radius 1 is 0.439 bits per heavy atom. The highest BCUT2D eigenvalue weighted by Gasteiger charge is 2.17. The summed E-state index contributed by atoms with van der Waals surface area (Å²) >= 11 is 0. The molecule has 4 nitrogen and oxygen atoms in total. The third-order valence-corrected chi connectivity index (χ3v) is 9.39. The van der Waals surface area contributed by atoms with Crippen LogP contribution >= 0.6 is 0 Å². The number of nitrogens with one attached hydrogen (secondary N) is 1. The summed E-state index contributed by atoms with van der Waals surface area (Å²) in [5.74, 6) is -0.0896. The van der Waals surface area contributed by atoms with Gasteiger partial charge in [0, 0.05) is 6.42 Å². The fourth-order valence-corrected chi connectivity index (χ4v) is 5.91. The number of amides is 1. The number of unbranched alkanes of at least 4 members (excludes halogenated alkanes) is 12. The molecule has 320 valence electrons. The maximum Gasteiger partial charge on any atom is 0.220 e. The highest BCUT2D eigenvalue weighted by Crippen LogP contribution is 2.11. The topological polar surface area (TPSA) is 69.6 Å². The van der Waals surface area contributed by atoms with Crippen LogP contribution in [0.1, 0.15) is 174 Å². The number of rotatable bonds is 39. The predicted molar refractivity (Wildman–Crippen MR) is 252 cm³/mol. The molecule has 0 aliphatic rings. The molecule has 0 saturated carbocycles. The summed E-state index contributed by atoms with van der Waals surface area (Å²) in [6.45, 7) is 4.12. The number of hydrogen-bond donors (Lipinski definition) is 3. The largest absolute Gasteiger partial charge is 0.394 e. The van der Waals surface area contributed by atoms with E-state index < -0.39 is 12.1 Å². The molecular formula is C53H85NO3. The summed E-state index contributed by atoms with van der Waals surface area (Å²) in [6.07, 6.45) is 74.3. The molecule has 0 aromatic rings. The van der Waals surface area contributed by atoms with Crippen LogP contribution in [-0.4, -0.2) is 34.9 Å². The molecule has 57 heavy (non-hydrogen) atoms. The van der Waals surface area contributed by atoms with E-state index in [0.717, 1.165) is 103 Å². The number of carbonyl (C=O) groups is 1. The van der Waals surface area contributed by atoms with E-state index in [1.807, 2.05) is 6.08 Å². The van der Waals surface area contributed by atoms with Crippen LogP contribution in [0.15, 0.2) is 134 Å². The first-order valence-electron chi connectivity index (χ1n) is 22.9. The van der Waals surface area contributed by atoms with E-state index in [-0.39, 0.29) is 12.5 Å². The highest BCUT2D eigenvalue weighted by atomic mass is 16.3. The molecule has 0 spiro atoms. The van der Waals surface area contributed by atoms with Gasteiger partial charge in [-0.2, -0.15) is 0 Å². The number of carbonyl (C=O) groups excluding carboxylic acids is 1. The van der Waals surface area contributed by atoms with Gasteiger partial charge in [-0.1, -0.05) is 205 Å². The number of hydrogen-bond acceptors (Lipinski definition) is 3. The first kappa shape index (κ1) is 53.5. The van der Waals surface area contributed by atoms with Crippen molar-refractivity contribution < 1.29 is 15.0 Å². The van der Waals surface area contributed by atoms with Gasteiger partial charge in [0.15, 0.2) is 0 Å². The first-order chi connectivity index (χ1) is 28.2. The van der Waals surface area contributed by atoms with E-state index in [1.165, 1.54) is 51.4 Å². The molecule has 0 saturated heterocycles. The molecule has 0 aromatic heterocycles. The van der Waals surface area contributed by atoms with Crippen LogP contribution < -0.4 is 5.32 Å². The zero-order chi connectivity index (χ0) is 41.4. The van der Waals surface area contributed by atoms with E-state index >= 15 is 0 Å². The molecule has 0 aliphatic carbocycles. The molecule has 4 heteroatoms. The Labute approximate surface area is 351 Å². The van der Waals surface area contributed by atoms with Gasteiger partial charge in [-0.3, -0.25) is 4.79 Å². The second-order valence-electron chi connectivity index (χ2n) is 14.7. The summed E-state index contributed by atoms with van der Waals surface area (Å²) in [5.41, 5.74) is 0. The van der Waals surface area contributed by atoms with E-state index in [2.05, 4.69) is 141 Å². The fourth-order valence-electron chi connectivity index (χ4n) is 5.91. The molecule has 1 amide bonds. The van der Waals surface area contributed by atoms with Gasteiger partial charge < -0.3 is 15.5 Å². The van der Waals surface area contributed by atoms with Crippen molar-refractivity contribution in [2.75, 3.05) is 6.61 Å². The van der Waals surface area contributed by atoms with Gasteiger partial charge in [0.05, 0.1) is 18.8 Å². The van der Waals surface area contributed by atoms with Gasteiger partial charge in [0.1, 0.15) is 0 Å². The number of aliphatic hydroxyl groups is 2. The average molecular weight is 784 g/mol. The van der Waals surface area contributed by atoms with Crippen LogP contribution in [0.5, 0.6) is 0 Å². The quantitative estimate of drug-likeness (QED) is 0.0429. The molecule has 0 aliphatic heterocycles. The Balaban J connectivity index is 3.68. The lowest BCUT2D eigenvalue weighted by atomic mass is 10.1. The highest BCUT2D eigenvalue weighted by molar-refractivity contribution is 5.76. The molecule has 0 fully saturated rings. The molecule has 0 rings (SSSR count). The zero-order valence-electron chi connectivity index (χ0n) is 36.5. The van der Waals surface area contributed by atoms with Gasteiger partial charge in [-0.15, -0.1) is 0 Å². The summed E-state index contributed by atoms with van der Waals surface area (Å²) in [4.78, 5) is 12.3. The van der Waals surface area contributed by atoms with E-state index in [1.54, 1.807) is 6.08 Å². The number of allylic oxidation sites excluding steroid dienone is 21. The van der Waals surface area contributed by atoms with Crippen LogP contribution in [0, 0.1) is 0 Å². The van der Waals surface area contributed by atoms with Crippen LogP contribution in [0.25, 0.3) is 0 Å². The lowest BCUT2D eigenvalue weighted by Crippen LogP contribution is -2.45. The zero-order valence-corrected chi connectivity index (χ0v) is 36.5. The van der Waals surface area contributed by atoms with Gasteiger partial charge in [-0.25, -0.2) is 0 Å². The maximum atomic E-state index is 12.3. The minimum atomic E-state index is -0.851. The monoisotopic (exact) mass is 784 g/mol. The van der Waals surface area contributed by atoms with Crippen molar-refractivity contribution >= 4 is 5.91 Å². The summed E-state index contributed by atoms with van der Waals surface area (Å²) < 4.78 is 0. The Kier molecular flexibility index (Phi) is 44.1. The number of aliphatic hydroxyl groups excluding tert-OH is 2. The Bertz CT molecular complexity index is 1210. The lowest BCUT2D eigenvalue weighted by Gasteiger charge is -2.20. The molecule has 2 unspecified atom stereocenters. The molecule has 0 bridgehead atoms. The fraction of sp³-hybridized carbons (Fsp3) is 0.566. The first-order valence-corrected chi connectivity index (χ1v) is 22.9. The summed E-state index contributed by atoms with van der Waals surface area (Å²) in [6, 6.07) is -0.637. The van der Waals surface area contributed by atoms with E-state index in [0.29, 0.717) is 6.42 Å². The summed E-state index contributed by atoms with van der Waals surface area (Å²) in [7, 11) is 0. The average Bonchev–Trinajstić information content (AvgIpc) is 3.22. The lowest BCUT2D eigenvalue weighted by molar-refractivity contribution is -0.123. The third kappa shape index (κ3) is 43.5. The van der Waals surface area contributed by atoms with Gasteiger partial charge in [0.2, 0.25) is 5.91 Å². The van der Waals surface area contributed by atoms with Gasteiger partial charge in [0.25, 0.3) is 0 Å². The molecule has 0 aromatic carbocycles. The van der Waals surface area contributed by atoms with Crippen LogP contribution in [0.4, 0.5) is 0 Å². The van der Waals surface area contributed by atoms with Crippen LogP contribution in [0.2, 0.25) is 0 Å². The van der Waals surface area contributed by atoms with Crippen LogP contribution in [0.3, 0.4) is 0 Å². The minimum Gasteiger partial charge on any atom is -0.394 e. The molecule has 0 radical (unpaired) electrons. The van der Waals surface area contributed by atoms with Crippen LogP contribution in [-0.2, 0) is 4.79 Å². The predicted octanol–water partition coefficient (Wildman–Crippen LogP) is 14.7. The smallest absolute Gasteiger partial charge is 0.220 e. The van der Waals surface area contributed by atoms with Crippen molar-refractivity contribution in [3.63, 3.8) is 0 Å². The van der Waals surface area contributed by atoms with Crippen molar-refractivity contribution in [2.45, 2.75) is 187 Å². The Hall–Kier alpha value is -3.47. The standard InChI is InChI=1S/C53H85NO3/c1-3-5-7-9-11-13-14-15-16-17-18-19-20-21-22-23-24-25-26-27-28-29-30-31-32-33-34-35-36-37-38-39-40-41-43-45-47-49-53(57)54-51(50-55)52(56)48-46-44-42-12-10-8-6-4-2/h5,7,11,13,15-16,18-19,21-22,24-25,27-28,30-31,33-34,36-37,46,48,51-52,55-56H,3-4,6,8-10,12,14,17,20,23,26,29,32,35,38-45,47,49-50H2,1-2H3,(H,54,57)/b7-5-,13-11-,16-15-,19-18-,22-21-,25-24-,28-27-,31-30-,34-33-,37-36-,48-46+. The van der Waals surface area contributed by atoms with Crippen molar-refractivity contribution in [1.82, 2.24) is 5.32 Å². The SMILES string of the molecule is CC/C=C\C/C=C\C/C=C\C/C=C\C/C=C\C/C=C\C/C=C\C/C=C\C/C=C\C/C=C\CCCCCCCCC(=O)NC(CO)C(O)/C=C/CCCCCCCC. The summed E-state index contributed by atoms with van der Waals surface area (Å²) in [5, 5.41) is 22.8. The van der Waals surface area contributed by atoms with Crippen molar-refractivity contribution in [2.24, 2.45) is 0 Å². The molecule has 0 heterocycles. The third-order valence-electron chi connectivity index (χ3n) is 9.39. The Morgan fingerprint density at radius 2 is 0.772 bits per heavy atom. The Morgan fingerprint density at radius 3 is 1.16 bits per heavy atom. The van der Waals surface area contributed by atoms with Crippen molar-refractivity contribution in [1.29, 1.82) is 0 Å². The second kappa shape index (κ2) is 46.9. The van der Waals surface area contributed by atoms with Gasteiger partial charge >= 0.3 is 0 Å². The molecule has 2 atom stereocenters. The molecular weight excluding hydrogens is 699 g/mol. The van der Waals surface area contributed by atoms with E-state index in [4.69, 9.17) is 0 Å². The second-order valence-corrected chi connectivity index (χ2v) is 14.7.